The average molecular weight is 494 g/mol. The average Bonchev–Trinajstić information content (AvgIpc) is 2.62. The van der Waals surface area contributed by atoms with Crippen molar-refractivity contribution in [3.63, 3.8) is 0 Å². The Morgan fingerprint density at radius 1 is 0.759 bits per heavy atom. The molecule has 0 aliphatic rings. The monoisotopic (exact) mass is 492 g/mol. The van der Waals surface area contributed by atoms with Crippen LogP contribution in [0.15, 0.2) is 54.6 Å². The van der Waals surface area contributed by atoms with Crippen LogP contribution in [0, 0.1) is 0 Å². The molecule has 0 bridgehead atoms. The van der Waals surface area contributed by atoms with Crippen LogP contribution in [0.25, 0.3) is 0 Å². The second-order valence-corrected chi connectivity index (χ2v) is 9.25. The summed E-state index contributed by atoms with van der Waals surface area (Å²) in [7, 11) is -5.09. The van der Waals surface area contributed by atoms with E-state index in [-0.39, 0.29) is 36.8 Å². The molecule has 0 saturated heterocycles. The third kappa shape index (κ3) is 3.65. The highest BCUT2D eigenvalue weighted by molar-refractivity contribution is 7.87. The van der Waals surface area contributed by atoms with Crippen molar-refractivity contribution in [3.8, 4) is 11.5 Å². The van der Waals surface area contributed by atoms with Gasteiger partial charge >= 0.3 is 0 Å². The Hall–Kier alpha value is -1.67. The standard InChI is InChI=1S/C19H12Cl4O5S/c20-14-4-2-1-3-12(14)19(29(26,27)28,10-5-6-15(21)17(25)7-10)13-8-11(24)9-16(22)18(13)23/h1-9,24-25H,(H,26,27,28). The minimum Gasteiger partial charge on any atom is -0.508 e. The summed E-state index contributed by atoms with van der Waals surface area (Å²) in [5.74, 6) is -0.834. The number of hydrogen-bond acceptors (Lipinski definition) is 4. The van der Waals surface area contributed by atoms with Crippen molar-refractivity contribution in [1.29, 1.82) is 0 Å². The lowest BCUT2D eigenvalue weighted by atomic mass is 9.83. The van der Waals surface area contributed by atoms with Crippen LogP contribution in [0.3, 0.4) is 0 Å². The minimum absolute atomic E-state index is 0.0184. The Morgan fingerprint density at radius 3 is 2.00 bits per heavy atom. The molecule has 0 heterocycles. The molecule has 1 atom stereocenters. The molecule has 0 aliphatic heterocycles. The van der Waals surface area contributed by atoms with Gasteiger partial charge < -0.3 is 10.2 Å². The van der Waals surface area contributed by atoms with Crippen molar-refractivity contribution in [2.24, 2.45) is 0 Å². The summed E-state index contributed by atoms with van der Waals surface area (Å²) in [6.07, 6.45) is 0. The van der Waals surface area contributed by atoms with Crippen LogP contribution in [0.5, 0.6) is 11.5 Å². The van der Waals surface area contributed by atoms with Crippen LogP contribution in [-0.4, -0.2) is 23.2 Å². The van der Waals surface area contributed by atoms with E-state index in [1.165, 1.54) is 30.3 Å². The zero-order valence-corrected chi connectivity index (χ0v) is 18.1. The van der Waals surface area contributed by atoms with E-state index in [2.05, 4.69) is 0 Å². The van der Waals surface area contributed by atoms with E-state index in [1.54, 1.807) is 6.07 Å². The second-order valence-electron chi connectivity index (χ2n) is 6.09. The zero-order chi connectivity index (χ0) is 21.6. The highest BCUT2D eigenvalue weighted by atomic mass is 35.5. The minimum atomic E-state index is -5.09. The predicted molar refractivity (Wildman–Crippen MR) is 114 cm³/mol. The maximum absolute atomic E-state index is 13.0. The van der Waals surface area contributed by atoms with Gasteiger partial charge in [-0.25, -0.2) is 0 Å². The lowest BCUT2D eigenvalue weighted by Crippen LogP contribution is -2.39. The fourth-order valence-corrected chi connectivity index (χ4v) is 5.48. The molecule has 10 heteroatoms. The van der Waals surface area contributed by atoms with Gasteiger partial charge in [0, 0.05) is 22.2 Å². The second kappa shape index (κ2) is 7.87. The molecule has 0 radical (unpaired) electrons. The van der Waals surface area contributed by atoms with Crippen molar-refractivity contribution in [3.05, 3.63) is 91.4 Å². The maximum atomic E-state index is 13.0. The smallest absolute Gasteiger partial charge is 0.283 e. The normalized spacial score (nSPS) is 13.8. The van der Waals surface area contributed by atoms with E-state index in [4.69, 9.17) is 46.4 Å². The lowest BCUT2D eigenvalue weighted by molar-refractivity contribution is 0.455. The number of phenolic OH excluding ortho intramolecular Hbond substituents is 2. The first-order valence-electron chi connectivity index (χ1n) is 7.89. The third-order valence-electron chi connectivity index (χ3n) is 4.39. The Labute approximate surface area is 186 Å². The predicted octanol–water partition coefficient (Wildman–Crippen LogP) is 5.89. The topological polar surface area (TPSA) is 94.8 Å². The van der Waals surface area contributed by atoms with Gasteiger partial charge in [0.15, 0.2) is 4.75 Å². The highest BCUT2D eigenvalue weighted by Gasteiger charge is 2.51. The molecule has 3 rings (SSSR count). The van der Waals surface area contributed by atoms with E-state index in [9.17, 15) is 23.2 Å². The van der Waals surface area contributed by atoms with E-state index in [1.807, 2.05) is 0 Å². The van der Waals surface area contributed by atoms with Gasteiger partial charge in [0.25, 0.3) is 10.1 Å². The molecule has 0 amide bonds. The van der Waals surface area contributed by atoms with Crippen molar-refractivity contribution in [1.82, 2.24) is 0 Å². The van der Waals surface area contributed by atoms with Gasteiger partial charge in [0.2, 0.25) is 0 Å². The van der Waals surface area contributed by atoms with Crippen molar-refractivity contribution < 1.29 is 23.2 Å². The van der Waals surface area contributed by atoms with E-state index in [0.29, 0.717) is 0 Å². The Balaban J connectivity index is 2.63. The van der Waals surface area contributed by atoms with Crippen LogP contribution >= 0.6 is 46.4 Å². The van der Waals surface area contributed by atoms with E-state index < -0.39 is 26.4 Å². The highest BCUT2D eigenvalue weighted by Crippen LogP contribution is 2.51. The fraction of sp³-hybridized carbons (Fsp3) is 0.0526. The quantitative estimate of drug-likeness (QED) is 0.311. The third-order valence-corrected chi connectivity index (χ3v) is 7.29. The molecule has 0 spiro atoms. The fourth-order valence-electron chi connectivity index (χ4n) is 3.19. The molecule has 0 aliphatic carbocycles. The van der Waals surface area contributed by atoms with Crippen LogP contribution in [-0.2, 0) is 14.9 Å². The number of benzene rings is 3. The molecule has 3 aromatic rings. The van der Waals surface area contributed by atoms with Gasteiger partial charge in [-0.1, -0.05) is 70.7 Å². The molecule has 0 fully saturated rings. The Bertz CT molecular complexity index is 1210. The van der Waals surface area contributed by atoms with Gasteiger partial charge in [0.05, 0.1) is 15.1 Å². The first-order chi connectivity index (χ1) is 13.5. The molecule has 5 nitrogen and oxygen atoms in total. The molecule has 1 unspecified atom stereocenters. The summed E-state index contributed by atoms with van der Waals surface area (Å²) in [5, 5.41) is 19.8. The molecule has 3 N–H and O–H groups in total. The van der Waals surface area contributed by atoms with Crippen molar-refractivity contribution in [2.45, 2.75) is 4.75 Å². The summed E-state index contributed by atoms with van der Waals surface area (Å²) < 4.78 is 34.0. The van der Waals surface area contributed by atoms with Gasteiger partial charge in [-0.3, -0.25) is 4.55 Å². The molecule has 0 aromatic heterocycles. The van der Waals surface area contributed by atoms with E-state index in [0.717, 1.165) is 18.2 Å². The van der Waals surface area contributed by atoms with Crippen molar-refractivity contribution >= 4 is 56.5 Å². The molecule has 152 valence electrons. The van der Waals surface area contributed by atoms with Crippen LogP contribution in [0.4, 0.5) is 0 Å². The number of rotatable bonds is 4. The van der Waals surface area contributed by atoms with Gasteiger partial charge in [-0.15, -0.1) is 0 Å². The largest absolute Gasteiger partial charge is 0.508 e. The van der Waals surface area contributed by atoms with E-state index >= 15 is 0 Å². The SMILES string of the molecule is O=S(=O)(O)C(c1ccc(Cl)c(O)c1)(c1ccccc1Cl)c1cc(O)cc(Cl)c1Cl. The van der Waals surface area contributed by atoms with Gasteiger partial charge in [-0.2, -0.15) is 8.42 Å². The molecular weight excluding hydrogens is 482 g/mol. The summed E-state index contributed by atoms with van der Waals surface area (Å²) in [6, 6.07) is 11.6. The molecule has 3 aromatic carbocycles. The van der Waals surface area contributed by atoms with Crippen LogP contribution in [0.1, 0.15) is 16.7 Å². The van der Waals surface area contributed by atoms with Crippen molar-refractivity contribution in [2.75, 3.05) is 0 Å². The number of phenols is 2. The maximum Gasteiger partial charge on any atom is 0.283 e. The zero-order valence-electron chi connectivity index (χ0n) is 14.3. The first-order valence-corrected chi connectivity index (χ1v) is 10.8. The lowest BCUT2D eigenvalue weighted by Gasteiger charge is -2.34. The summed E-state index contributed by atoms with van der Waals surface area (Å²) >= 11 is 24.6. The van der Waals surface area contributed by atoms with Crippen LogP contribution < -0.4 is 0 Å². The molecule has 0 saturated carbocycles. The van der Waals surface area contributed by atoms with Gasteiger partial charge in [-0.05, 0) is 29.8 Å². The number of halogens is 4. The van der Waals surface area contributed by atoms with Crippen LogP contribution in [0.2, 0.25) is 20.1 Å². The molecule has 29 heavy (non-hydrogen) atoms. The van der Waals surface area contributed by atoms with Gasteiger partial charge in [0.1, 0.15) is 11.5 Å². The summed E-state index contributed by atoms with van der Waals surface area (Å²) in [6.45, 7) is 0. The first kappa shape index (κ1) is 22.0. The summed E-state index contributed by atoms with van der Waals surface area (Å²) in [5.41, 5.74) is -0.463. The summed E-state index contributed by atoms with van der Waals surface area (Å²) in [4.78, 5) is 0. The molecular formula is C19H12Cl4O5S. The number of aromatic hydroxyl groups is 2. The Kier molecular flexibility index (Phi) is 5.98. The number of hydrogen-bond donors (Lipinski definition) is 3. The Morgan fingerprint density at radius 2 is 1.41 bits per heavy atom.